The minimum absolute atomic E-state index is 0.111. The average molecular weight is 414 g/mol. The van der Waals surface area contributed by atoms with E-state index in [0.29, 0.717) is 17.5 Å². The predicted molar refractivity (Wildman–Crippen MR) is 112 cm³/mol. The molecule has 2 aromatic carbocycles. The van der Waals surface area contributed by atoms with Gasteiger partial charge in [0.25, 0.3) is 0 Å². The van der Waals surface area contributed by atoms with Crippen LogP contribution in [0.3, 0.4) is 0 Å². The summed E-state index contributed by atoms with van der Waals surface area (Å²) in [5, 5.41) is 11.3. The minimum Gasteiger partial charge on any atom is -0.497 e. The van der Waals surface area contributed by atoms with Gasteiger partial charge in [0.05, 0.1) is 19.5 Å². The van der Waals surface area contributed by atoms with Gasteiger partial charge in [0, 0.05) is 12.1 Å². The molecular formula is C20H23N5O3S. The van der Waals surface area contributed by atoms with Crippen molar-refractivity contribution < 1.29 is 14.3 Å². The third kappa shape index (κ3) is 5.00. The van der Waals surface area contributed by atoms with Crippen LogP contribution in [0.25, 0.3) is 11.4 Å². The van der Waals surface area contributed by atoms with Crippen LogP contribution in [0.2, 0.25) is 0 Å². The second kappa shape index (κ2) is 9.33. The molecule has 1 heterocycles. The van der Waals surface area contributed by atoms with Crippen molar-refractivity contribution in [1.82, 2.24) is 20.2 Å². The van der Waals surface area contributed by atoms with E-state index < -0.39 is 0 Å². The van der Waals surface area contributed by atoms with Crippen molar-refractivity contribution in [2.45, 2.75) is 23.9 Å². The SMILES string of the molecule is COc1ccc(CNC(=O)[C@H](C)Sc2nnc(-c3ccc(OC)cc3)n2N)cc1. The van der Waals surface area contributed by atoms with Crippen LogP contribution in [0.1, 0.15) is 12.5 Å². The Hall–Kier alpha value is -3.20. The van der Waals surface area contributed by atoms with E-state index in [1.807, 2.05) is 48.5 Å². The molecule has 0 radical (unpaired) electrons. The van der Waals surface area contributed by atoms with Crippen molar-refractivity contribution in [1.29, 1.82) is 0 Å². The topological polar surface area (TPSA) is 104 Å². The fraction of sp³-hybridized carbons (Fsp3) is 0.250. The van der Waals surface area contributed by atoms with Crippen LogP contribution >= 0.6 is 11.8 Å². The fourth-order valence-corrected chi connectivity index (χ4v) is 3.38. The van der Waals surface area contributed by atoms with Gasteiger partial charge in [-0.1, -0.05) is 23.9 Å². The van der Waals surface area contributed by atoms with Crippen molar-refractivity contribution >= 4 is 17.7 Å². The van der Waals surface area contributed by atoms with Gasteiger partial charge < -0.3 is 20.6 Å². The molecule has 3 N–H and O–H groups in total. The van der Waals surface area contributed by atoms with E-state index >= 15 is 0 Å². The maximum absolute atomic E-state index is 12.4. The molecule has 1 aromatic heterocycles. The quantitative estimate of drug-likeness (QED) is 0.432. The smallest absolute Gasteiger partial charge is 0.233 e. The summed E-state index contributed by atoms with van der Waals surface area (Å²) < 4.78 is 11.7. The minimum atomic E-state index is -0.386. The molecule has 0 saturated carbocycles. The number of amides is 1. The number of carbonyl (C=O) groups is 1. The standard InChI is InChI=1S/C20H23N5O3S/c1-13(19(26)22-12-14-4-8-16(27-2)9-5-14)29-20-24-23-18(25(20)21)15-6-10-17(28-3)11-7-15/h4-11,13H,12,21H2,1-3H3,(H,22,26)/t13-/m0/s1. The van der Waals surface area contributed by atoms with E-state index in [1.165, 1.54) is 16.4 Å². The van der Waals surface area contributed by atoms with E-state index in [9.17, 15) is 4.79 Å². The second-order valence-corrected chi connectivity index (χ2v) is 7.54. The van der Waals surface area contributed by atoms with E-state index in [-0.39, 0.29) is 11.2 Å². The number of hydrogen-bond acceptors (Lipinski definition) is 7. The van der Waals surface area contributed by atoms with Gasteiger partial charge in [0.15, 0.2) is 5.82 Å². The number of nitrogens with zero attached hydrogens (tertiary/aromatic N) is 3. The molecule has 9 heteroatoms. The number of rotatable bonds is 8. The Morgan fingerprint density at radius 3 is 2.24 bits per heavy atom. The number of aromatic nitrogens is 3. The van der Waals surface area contributed by atoms with Crippen molar-refractivity contribution in [3.05, 3.63) is 54.1 Å². The number of hydrogen-bond donors (Lipinski definition) is 2. The third-order valence-corrected chi connectivity index (χ3v) is 5.35. The number of carbonyl (C=O) groups excluding carboxylic acids is 1. The van der Waals surface area contributed by atoms with Crippen molar-refractivity contribution in [2.75, 3.05) is 20.1 Å². The Balaban J connectivity index is 1.60. The lowest BCUT2D eigenvalue weighted by molar-refractivity contribution is -0.120. The van der Waals surface area contributed by atoms with Crippen LogP contribution in [0.4, 0.5) is 0 Å². The zero-order valence-corrected chi connectivity index (χ0v) is 17.3. The summed E-state index contributed by atoms with van der Waals surface area (Å²) in [5.74, 6) is 8.07. The summed E-state index contributed by atoms with van der Waals surface area (Å²) in [5.41, 5.74) is 1.80. The fourth-order valence-electron chi connectivity index (χ4n) is 2.58. The van der Waals surface area contributed by atoms with Gasteiger partial charge in [-0.15, -0.1) is 10.2 Å². The first kappa shape index (κ1) is 20.5. The molecule has 0 saturated heterocycles. The van der Waals surface area contributed by atoms with Crippen molar-refractivity contribution in [3.63, 3.8) is 0 Å². The van der Waals surface area contributed by atoms with Crippen LogP contribution in [-0.4, -0.2) is 40.3 Å². The van der Waals surface area contributed by atoms with Gasteiger partial charge >= 0.3 is 0 Å². The molecule has 29 heavy (non-hydrogen) atoms. The normalized spacial score (nSPS) is 11.7. The maximum atomic E-state index is 12.4. The zero-order chi connectivity index (χ0) is 20.8. The summed E-state index contributed by atoms with van der Waals surface area (Å²) >= 11 is 1.25. The van der Waals surface area contributed by atoms with E-state index in [2.05, 4.69) is 15.5 Å². The number of benzene rings is 2. The highest BCUT2D eigenvalue weighted by molar-refractivity contribution is 8.00. The Bertz CT molecular complexity index is 957. The first-order valence-electron chi connectivity index (χ1n) is 8.94. The van der Waals surface area contributed by atoms with Gasteiger partial charge in [0.2, 0.25) is 11.1 Å². The summed E-state index contributed by atoms with van der Waals surface area (Å²) in [6.45, 7) is 2.23. The Kier molecular flexibility index (Phi) is 6.61. The van der Waals surface area contributed by atoms with Gasteiger partial charge in [-0.2, -0.15) is 0 Å². The van der Waals surface area contributed by atoms with Crippen LogP contribution in [0, 0.1) is 0 Å². The molecule has 0 fully saturated rings. The third-order valence-electron chi connectivity index (χ3n) is 4.29. The average Bonchev–Trinajstić information content (AvgIpc) is 3.12. The van der Waals surface area contributed by atoms with Crippen molar-refractivity contribution in [2.24, 2.45) is 0 Å². The van der Waals surface area contributed by atoms with E-state index in [1.54, 1.807) is 21.1 Å². The molecule has 1 amide bonds. The molecule has 0 aliphatic carbocycles. The zero-order valence-electron chi connectivity index (χ0n) is 16.5. The summed E-state index contributed by atoms with van der Waals surface area (Å²) in [6, 6.07) is 14.9. The number of nitrogens with one attached hydrogen (secondary N) is 1. The maximum Gasteiger partial charge on any atom is 0.233 e. The highest BCUT2D eigenvalue weighted by Gasteiger charge is 2.19. The van der Waals surface area contributed by atoms with Crippen LogP contribution < -0.4 is 20.6 Å². The molecule has 152 valence electrons. The molecule has 3 aromatic rings. The number of ether oxygens (including phenoxy) is 2. The highest BCUT2D eigenvalue weighted by Crippen LogP contribution is 2.26. The van der Waals surface area contributed by atoms with Crippen LogP contribution in [0.5, 0.6) is 11.5 Å². The van der Waals surface area contributed by atoms with Gasteiger partial charge in [-0.3, -0.25) is 4.79 Å². The number of nitrogen functional groups attached to an aromatic ring is 1. The lowest BCUT2D eigenvalue weighted by atomic mass is 10.2. The number of methoxy groups -OCH3 is 2. The summed E-state index contributed by atoms with van der Waals surface area (Å²) in [6.07, 6.45) is 0. The predicted octanol–water partition coefficient (Wildman–Crippen LogP) is 2.47. The molecule has 8 nitrogen and oxygen atoms in total. The van der Waals surface area contributed by atoms with E-state index in [4.69, 9.17) is 15.3 Å². The first-order valence-corrected chi connectivity index (χ1v) is 9.82. The van der Waals surface area contributed by atoms with E-state index in [0.717, 1.165) is 22.6 Å². The Morgan fingerprint density at radius 1 is 1.07 bits per heavy atom. The molecule has 1 atom stereocenters. The first-order chi connectivity index (χ1) is 14.0. The van der Waals surface area contributed by atoms with Crippen LogP contribution in [0.15, 0.2) is 53.7 Å². The summed E-state index contributed by atoms with van der Waals surface area (Å²) in [7, 11) is 3.22. The molecule has 0 spiro atoms. The largest absolute Gasteiger partial charge is 0.497 e. The summed E-state index contributed by atoms with van der Waals surface area (Å²) in [4.78, 5) is 12.4. The molecule has 3 rings (SSSR count). The molecular weight excluding hydrogens is 390 g/mol. The number of thioether (sulfide) groups is 1. The highest BCUT2D eigenvalue weighted by atomic mass is 32.2. The van der Waals surface area contributed by atoms with Gasteiger partial charge in [0.1, 0.15) is 11.5 Å². The lowest BCUT2D eigenvalue weighted by Crippen LogP contribution is -2.30. The molecule has 0 aliphatic heterocycles. The van der Waals surface area contributed by atoms with Crippen LogP contribution in [-0.2, 0) is 11.3 Å². The lowest BCUT2D eigenvalue weighted by Gasteiger charge is -2.12. The Morgan fingerprint density at radius 2 is 1.66 bits per heavy atom. The monoisotopic (exact) mass is 413 g/mol. The number of nitrogens with two attached hydrogens (primary N) is 1. The molecule has 0 bridgehead atoms. The molecule has 0 aliphatic rings. The second-order valence-electron chi connectivity index (χ2n) is 6.23. The van der Waals surface area contributed by atoms with Gasteiger partial charge in [-0.25, -0.2) is 4.68 Å². The van der Waals surface area contributed by atoms with Gasteiger partial charge in [-0.05, 0) is 48.9 Å². The van der Waals surface area contributed by atoms with Crippen molar-refractivity contribution in [3.8, 4) is 22.9 Å². The Labute approximate surface area is 173 Å². The molecule has 0 unspecified atom stereocenters.